The molecule has 0 aliphatic carbocycles. The molecule has 31 heavy (non-hydrogen) atoms. The van der Waals surface area contributed by atoms with E-state index in [1.54, 1.807) is 24.3 Å². The van der Waals surface area contributed by atoms with Gasteiger partial charge in [0.25, 0.3) is 0 Å². The van der Waals surface area contributed by atoms with Crippen LogP contribution in [0.1, 0.15) is 28.8 Å². The Hall–Kier alpha value is -3.40. The van der Waals surface area contributed by atoms with E-state index in [1.807, 2.05) is 0 Å². The van der Waals surface area contributed by atoms with Crippen LogP contribution in [0.25, 0.3) is 0 Å². The number of rotatable bonds is 6. The molecule has 0 amide bonds. The number of aldehydes is 1. The van der Waals surface area contributed by atoms with Crippen molar-refractivity contribution in [2.24, 2.45) is 15.7 Å². The fourth-order valence-corrected chi connectivity index (χ4v) is 2.86. The molecule has 0 spiro atoms. The minimum Gasteiger partial charge on any atom is -0.406 e. The van der Waals surface area contributed by atoms with E-state index in [2.05, 4.69) is 20.0 Å². The van der Waals surface area contributed by atoms with Gasteiger partial charge in [-0.25, -0.2) is 4.99 Å². The van der Waals surface area contributed by atoms with E-state index in [9.17, 15) is 18.0 Å². The van der Waals surface area contributed by atoms with E-state index in [0.717, 1.165) is 19.1 Å². The molecule has 1 aliphatic rings. The Balaban J connectivity index is 1.78. The van der Waals surface area contributed by atoms with Crippen molar-refractivity contribution in [1.29, 1.82) is 0 Å². The maximum atomic E-state index is 12.3. The topological polar surface area (TPSA) is 98.3 Å². The van der Waals surface area contributed by atoms with Crippen LogP contribution in [0.3, 0.4) is 0 Å². The molecule has 1 unspecified atom stereocenters. The zero-order valence-electron chi connectivity index (χ0n) is 16.4. The molecule has 1 aliphatic heterocycles. The summed E-state index contributed by atoms with van der Waals surface area (Å²) in [5.41, 5.74) is 7.63. The Morgan fingerprint density at radius 3 is 2.48 bits per heavy atom. The summed E-state index contributed by atoms with van der Waals surface area (Å²) in [6.45, 7) is 1.04. The predicted octanol–water partition coefficient (Wildman–Crippen LogP) is 3.75. The van der Waals surface area contributed by atoms with Crippen LogP contribution in [-0.4, -0.2) is 43.7 Å². The first-order chi connectivity index (χ1) is 14.8. The number of benzene rings is 2. The summed E-state index contributed by atoms with van der Waals surface area (Å²) in [6, 6.07) is 11.7. The van der Waals surface area contributed by atoms with Crippen molar-refractivity contribution in [2.75, 3.05) is 18.5 Å². The lowest BCUT2D eigenvalue weighted by atomic mass is 10.1. The highest BCUT2D eigenvalue weighted by atomic mass is 19.4. The summed E-state index contributed by atoms with van der Waals surface area (Å²) in [6.07, 6.45) is -2.23. The number of alkyl halides is 3. The van der Waals surface area contributed by atoms with Crippen LogP contribution < -0.4 is 15.8 Å². The van der Waals surface area contributed by atoms with Gasteiger partial charge in [0.2, 0.25) is 5.96 Å². The van der Waals surface area contributed by atoms with Crippen LogP contribution in [0.2, 0.25) is 0 Å². The molecular weight excluding hydrogens is 413 g/mol. The van der Waals surface area contributed by atoms with Crippen molar-refractivity contribution in [3.8, 4) is 5.75 Å². The number of hydrogen-bond donors (Lipinski definition) is 2. The number of carbonyl (C=O) groups is 1. The Labute approximate surface area is 176 Å². The average molecular weight is 434 g/mol. The maximum Gasteiger partial charge on any atom is 0.573 e. The fraction of sp³-hybridized carbons (Fsp3) is 0.286. The van der Waals surface area contributed by atoms with Gasteiger partial charge in [-0.1, -0.05) is 24.3 Å². The molecule has 10 heteroatoms. The van der Waals surface area contributed by atoms with E-state index in [-0.39, 0.29) is 23.6 Å². The number of nitrogens with one attached hydrogen (secondary N) is 1. The summed E-state index contributed by atoms with van der Waals surface area (Å²) in [5, 5.41) is 2.95. The minimum absolute atomic E-state index is 0.0253. The molecule has 0 aromatic heterocycles. The van der Waals surface area contributed by atoms with Crippen molar-refractivity contribution in [2.45, 2.75) is 25.3 Å². The van der Waals surface area contributed by atoms with E-state index < -0.39 is 6.36 Å². The molecule has 1 saturated heterocycles. The highest BCUT2D eigenvalue weighted by Crippen LogP contribution is 2.24. The van der Waals surface area contributed by atoms with Gasteiger partial charge in [-0.05, 0) is 37.1 Å². The van der Waals surface area contributed by atoms with Crippen molar-refractivity contribution >= 4 is 23.8 Å². The molecule has 1 atom stereocenters. The van der Waals surface area contributed by atoms with Gasteiger partial charge in [0.1, 0.15) is 17.9 Å². The number of amidine groups is 1. The van der Waals surface area contributed by atoms with Crippen molar-refractivity contribution < 1.29 is 27.4 Å². The van der Waals surface area contributed by atoms with Gasteiger partial charge in [-0.3, -0.25) is 4.79 Å². The van der Waals surface area contributed by atoms with Crippen molar-refractivity contribution in [3.05, 3.63) is 59.7 Å². The lowest BCUT2D eigenvalue weighted by Gasteiger charge is -2.12. The molecule has 1 heterocycles. The Bertz CT molecular complexity index is 936. The molecule has 3 rings (SSSR count). The van der Waals surface area contributed by atoms with Gasteiger partial charge in [-0.2, -0.15) is 4.99 Å². The number of ether oxygens (including phenoxy) is 2. The van der Waals surface area contributed by atoms with E-state index in [4.69, 9.17) is 10.5 Å². The average Bonchev–Trinajstić information content (AvgIpc) is 3.26. The zero-order chi connectivity index (χ0) is 22.3. The molecule has 1 fully saturated rings. The summed E-state index contributed by atoms with van der Waals surface area (Å²) in [5.74, 6) is -0.000745. The van der Waals surface area contributed by atoms with Gasteiger partial charge in [0.05, 0.1) is 12.6 Å². The summed E-state index contributed by atoms with van der Waals surface area (Å²) in [4.78, 5) is 19.6. The Kier molecular flexibility index (Phi) is 7.24. The van der Waals surface area contributed by atoms with Gasteiger partial charge in [0.15, 0.2) is 0 Å². The first kappa shape index (κ1) is 22.3. The third-order valence-corrected chi connectivity index (χ3v) is 4.38. The number of hydrogen-bond acceptors (Lipinski definition) is 4. The summed E-state index contributed by atoms with van der Waals surface area (Å²) in [7, 11) is 0. The second-order valence-electron chi connectivity index (χ2n) is 6.73. The lowest BCUT2D eigenvalue weighted by Crippen LogP contribution is -2.21. The molecule has 164 valence electrons. The summed E-state index contributed by atoms with van der Waals surface area (Å²) >= 11 is 0. The van der Waals surface area contributed by atoms with Gasteiger partial charge >= 0.3 is 6.36 Å². The second-order valence-corrected chi connectivity index (χ2v) is 6.73. The van der Waals surface area contributed by atoms with Crippen LogP contribution in [0.4, 0.5) is 18.9 Å². The molecule has 2 aromatic rings. The second kappa shape index (κ2) is 10.1. The molecule has 0 bridgehead atoms. The van der Waals surface area contributed by atoms with Gasteiger partial charge in [0, 0.05) is 23.4 Å². The van der Waals surface area contributed by atoms with E-state index in [1.165, 1.54) is 24.3 Å². The third kappa shape index (κ3) is 7.10. The highest BCUT2D eigenvalue weighted by molar-refractivity contribution is 6.08. The van der Waals surface area contributed by atoms with E-state index in [0.29, 0.717) is 30.0 Å². The quantitative estimate of drug-likeness (QED) is 0.410. The van der Waals surface area contributed by atoms with Crippen LogP contribution in [0.5, 0.6) is 5.75 Å². The molecular formula is C21H21F3N4O3. The first-order valence-electron chi connectivity index (χ1n) is 9.51. The minimum atomic E-state index is -4.76. The third-order valence-electron chi connectivity index (χ3n) is 4.38. The van der Waals surface area contributed by atoms with Crippen LogP contribution in [-0.2, 0) is 4.74 Å². The first-order valence-corrected chi connectivity index (χ1v) is 9.51. The standard InChI is InChI=1S/C21H21F3N4O3/c22-21(23,24)31-17-9-7-16(8-10-17)27-20(26-12-18-2-1-11-30-18)28-19(25)15-5-3-14(13-29)4-6-15/h3-10,13,18H,1-2,11-12H2,(H3,25,26,27,28). The van der Waals surface area contributed by atoms with Crippen LogP contribution in [0, 0.1) is 0 Å². The number of aliphatic imine (C=N–C) groups is 2. The number of anilines is 1. The lowest BCUT2D eigenvalue weighted by molar-refractivity contribution is -0.274. The zero-order valence-corrected chi connectivity index (χ0v) is 16.4. The highest BCUT2D eigenvalue weighted by Gasteiger charge is 2.31. The van der Waals surface area contributed by atoms with Crippen molar-refractivity contribution in [3.63, 3.8) is 0 Å². The molecule has 0 radical (unpaired) electrons. The van der Waals surface area contributed by atoms with Gasteiger partial charge in [-0.15, -0.1) is 13.2 Å². The van der Waals surface area contributed by atoms with Crippen LogP contribution in [0.15, 0.2) is 58.5 Å². The number of carbonyl (C=O) groups excluding carboxylic acids is 1. The smallest absolute Gasteiger partial charge is 0.406 e. The van der Waals surface area contributed by atoms with E-state index >= 15 is 0 Å². The summed E-state index contributed by atoms with van der Waals surface area (Å²) < 4.78 is 46.4. The Morgan fingerprint density at radius 1 is 1.19 bits per heavy atom. The van der Waals surface area contributed by atoms with Crippen molar-refractivity contribution in [1.82, 2.24) is 0 Å². The number of nitrogens with zero attached hydrogens (tertiary/aromatic N) is 2. The Morgan fingerprint density at radius 2 is 1.90 bits per heavy atom. The SMILES string of the molecule is NC(=NC(=NCC1CCCO1)Nc1ccc(OC(F)(F)F)cc1)c1ccc(C=O)cc1. The number of guanidine groups is 1. The maximum absolute atomic E-state index is 12.3. The molecule has 2 aromatic carbocycles. The predicted molar refractivity (Wildman–Crippen MR) is 111 cm³/mol. The molecule has 7 nitrogen and oxygen atoms in total. The van der Waals surface area contributed by atoms with Crippen LogP contribution >= 0.6 is 0 Å². The number of nitrogens with two attached hydrogens (primary N) is 1. The normalized spacial score (nSPS) is 17.5. The molecule has 3 N–H and O–H groups in total. The fourth-order valence-electron chi connectivity index (χ4n) is 2.86. The molecule has 0 saturated carbocycles. The monoisotopic (exact) mass is 434 g/mol. The number of halogens is 3. The van der Waals surface area contributed by atoms with Gasteiger partial charge < -0.3 is 20.5 Å². The largest absolute Gasteiger partial charge is 0.573 e.